The Labute approximate surface area is 148 Å². The number of rotatable bonds is 5. The third kappa shape index (κ3) is 4.10. The fourth-order valence-electron chi connectivity index (χ4n) is 2.16. The molecule has 132 valence electrons. The second-order valence-electron chi connectivity index (χ2n) is 5.58. The van der Waals surface area contributed by atoms with E-state index in [1.54, 1.807) is 6.07 Å². The molecule has 0 aliphatic rings. The highest BCUT2D eigenvalue weighted by Crippen LogP contribution is 2.09. The summed E-state index contributed by atoms with van der Waals surface area (Å²) in [6.07, 6.45) is 3.73. The van der Waals surface area contributed by atoms with Crippen LogP contribution in [0.4, 0.5) is 4.39 Å². The molecule has 0 saturated heterocycles. The van der Waals surface area contributed by atoms with Gasteiger partial charge in [0.2, 0.25) is 5.82 Å². The van der Waals surface area contributed by atoms with E-state index in [4.69, 9.17) is 10.3 Å². The first-order valence-electron chi connectivity index (χ1n) is 7.76. The summed E-state index contributed by atoms with van der Waals surface area (Å²) in [4.78, 5) is 22.0. The Morgan fingerprint density at radius 1 is 1.35 bits per heavy atom. The van der Waals surface area contributed by atoms with Gasteiger partial charge in [0.1, 0.15) is 12.0 Å². The summed E-state index contributed by atoms with van der Waals surface area (Å²) in [7, 11) is 0. The molecule has 3 rings (SSSR count). The highest BCUT2D eigenvalue weighted by molar-refractivity contribution is 6.10. The summed E-state index contributed by atoms with van der Waals surface area (Å²) in [6.45, 7) is 2.41. The molecule has 0 spiro atoms. The molecule has 0 aliphatic heterocycles. The number of nitrogens with zero attached hydrogens (tertiary/aromatic N) is 3. The molecule has 7 nitrogen and oxygen atoms in total. The Balaban J connectivity index is 1.93. The summed E-state index contributed by atoms with van der Waals surface area (Å²) in [5, 5.41) is 3.86. The van der Waals surface area contributed by atoms with Gasteiger partial charge in [-0.25, -0.2) is 4.98 Å². The average molecular weight is 353 g/mol. The Bertz CT molecular complexity index is 1000. The third-order valence-corrected chi connectivity index (χ3v) is 3.57. The molecule has 0 radical (unpaired) electrons. The molecule has 0 aliphatic carbocycles. The lowest BCUT2D eigenvalue weighted by atomic mass is 10.1. The van der Waals surface area contributed by atoms with Gasteiger partial charge < -0.3 is 15.2 Å². The van der Waals surface area contributed by atoms with Crippen molar-refractivity contribution in [2.45, 2.75) is 13.5 Å². The van der Waals surface area contributed by atoms with Gasteiger partial charge in [0, 0.05) is 6.07 Å². The van der Waals surface area contributed by atoms with E-state index in [1.165, 1.54) is 12.3 Å². The van der Waals surface area contributed by atoms with E-state index >= 15 is 0 Å². The van der Waals surface area contributed by atoms with E-state index in [1.807, 2.05) is 31.2 Å². The van der Waals surface area contributed by atoms with Gasteiger partial charge in [0.25, 0.3) is 5.56 Å². The molecule has 1 aromatic carbocycles. The van der Waals surface area contributed by atoms with Crippen LogP contribution in [0, 0.1) is 12.7 Å². The predicted octanol–water partition coefficient (Wildman–Crippen LogP) is 2.19. The standard InChI is InChI=1S/C18H16FN5O2/c1-11-2-4-12(5-3-11)9-21-16(15-6-7-26-24-15)8-14(20)17-22-10-13(19)18(25)23-17/h2-8,10H,9,20H2,1H3,(H,22,23,25). The number of halogens is 1. The van der Waals surface area contributed by atoms with E-state index in [9.17, 15) is 9.18 Å². The normalized spacial score (nSPS) is 12.4. The van der Waals surface area contributed by atoms with Crippen LogP contribution in [0.2, 0.25) is 0 Å². The highest BCUT2D eigenvalue weighted by atomic mass is 19.1. The van der Waals surface area contributed by atoms with Gasteiger partial charge in [-0.1, -0.05) is 35.0 Å². The molecule has 8 heteroatoms. The van der Waals surface area contributed by atoms with E-state index in [0.717, 1.165) is 17.3 Å². The van der Waals surface area contributed by atoms with Gasteiger partial charge in [0.05, 0.1) is 24.2 Å². The molecule has 3 aromatic rings. The maximum atomic E-state index is 13.1. The minimum atomic E-state index is -0.980. The van der Waals surface area contributed by atoms with Gasteiger partial charge in [-0.3, -0.25) is 9.79 Å². The average Bonchev–Trinajstić information content (AvgIpc) is 3.16. The molecule has 26 heavy (non-hydrogen) atoms. The van der Waals surface area contributed by atoms with Crippen molar-refractivity contribution >= 4 is 11.4 Å². The molecule has 3 N–H and O–H groups in total. The lowest BCUT2D eigenvalue weighted by molar-refractivity contribution is 0.418. The Morgan fingerprint density at radius 2 is 2.12 bits per heavy atom. The maximum absolute atomic E-state index is 13.1. The molecule has 0 fully saturated rings. The molecule has 0 unspecified atom stereocenters. The molecule has 0 saturated carbocycles. The molecule has 2 aromatic heterocycles. The van der Waals surface area contributed by atoms with Crippen LogP contribution < -0.4 is 11.3 Å². The summed E-state index contributed by atoms with van der Waals surface area (Å²) in [6, 6.07) is 9.59. The van der Waals surface area contributed by atoms with Crippen LogP contribution in [0.1, 0.15) is 22.6 Å². The number of allylic oxidation sites excluding steroid dienone is 1. The smallest absolute Gasteiger partial charge is 0.287 e. The first-order valence-corrected chi connectivity index (χ1v) is 7.76. The number of hydrogen-bond acceptors (Lipinski definition) is 6. The van der Waals surface area contributed by atoms with Crippen LogP contribution in [-0.2, 0) is 6.54 Å². The van der Waals surface area contributed by atoms with E-state index < -0.39 is 11.4 Å². The zero-order valence-electron chi connectivity index (χ0n) is 13.9. The van der Waals surface area contributed by atoms with Crippen molar-refractivity contribution in [3.63, 3.8) is 0 Å². The van der Waals surface area contributed by atoms with Crippen molar-refractivity contribution in [1.82, 2.24) is 15.1 Å². The van der Waals surface area contributed by atoms with Gasteiger partial charge in [-0.15, -0.1) is 0 Å². The van der Waals surface area contributed by atoms with Crippen LogP contribution in [0.5, 0.6) is 0 Å². The molecular weight excluding hydrogens is 337 g/mol. The fourth-order valence-corrected chi connectivity index (χ4v) is 2.16. The van der Waals surface area contributed by atoms with E-state index in [2.05, 4.69) is 20.1 Å². The van der Waals surface area contributed by atoms with E-state index in [-0.39, 0.29) is 11.5 Å². The quantitative estimate of drug-likeness (QED) is 0.683. The molecule has 2 heterocycles. The molecule has 0 bridgehead atoms. The van der Waals surface area contributed by atoms with Crippen molar-refractivity contribution in [3.8, 4) is 0 Å². The summed E-state index contributed by atoms with van der Waals surface area (Å²) < 4.78 is 17.9. The predicted molar refractivity (Wildman–Crippen MR) is 94.9 cm³/mol. The maximum Gasteiger partial charge on any atom is 0.287 e. The van der Waals surface area contributed by atoms with Crippen molar-refractivity contribution in [1.29, 1.82) is 0 Å². The summed E-state index contributed by atoms with van der Waals surface area (Å²) in [5.41, 5.74) is 8.29. The molecule has 0 atom stereocenters. The zero-order chi connectivity index (χ0) is 18.5. The summed E-state index contributed by atoms with van der Waals surface area (Å²) in [5.74, 6) is -0.936. The SMILES string of the molecule is Cc1ccc(CN=C(C=C(N)c2ncc(F)c(=O)[nH]2)c2ccon2)cc1. The van der Waals surface area contributed by atoms with Crippen LogP contribution in [0.25, 0.3) is 5.70 Å². The van der Waals surface area contributed by atoms with Crippen molar-refractivity contribution in [3.05, 3.63) is 87.7 Å². The van der Waals surface area contributed by atoms with Crippen LogP contribution in [0.3, 0.4) is 0 Å². The van der Waals surface area contributed by atoms with Gasteiger partial charge in [0.15, 0.2) is 5.82 Å². The monoisotopic (exact) mass is 353 g/mol. The first kappa shape index (κ1) is 17.3. The number of benzene rings is 1. The number of nitrogens with two attached hydrogens (primary N) is 1. The van der Waals surface area contributed by atoms with Gasteiger partial charge in [-0.2, -0.15) is 4.39 Å². The fraction of sp³-hybridized carbons (Fsp3) is 0.111. The minimum absolute atomic E-state index is 0.0444. The Hall–Kier alpha value is -3.55. The van der Waals surface area contributed by atoms with E-state index in [0.29, 0.717) is 18.0 Å². The summed E-state index contributed by atoms with van der Waals surface area (Å²) >= 11 is 0. The number of hydrogen-bond donors (Lipinski definition) is 2. The van der Waals surface area contributed by atoms with Gasteiger partial charge >= 0.3 is 0 Å². The first-order chi connectivity index (χ1) is 12.5. The van der Waals surface area contributed by atoms with Gasteiger partial charge in [-0.05, 0) is 18.6 Å². The number of nitrogens with one attached hydrogen (secondary N) is 1. The number of aryl methyl sites for hydroxylation is 1. The molecular formula is C18H16FN5O2. The van der Waals surface area contributed by atoms with Crippen LogP contribution in [0.15, 0.2) is 63.2 Å². The molecule has 0 amide bonds. The minimum Gasteiger partial charge on any atom is -0.396 e. The lowest BCUT2D eigenvalue weighted by Crippen LogP contribution is -2.17. The largest absolute Gasteiger partial charge is 0.396 e. The Kier molecular flexibility index (Phi) is 5.02. The van der Waals surface area contributed by atoms with Crippen molar-refractivity contribution in [2.75, 3.05) is 0 Å². The number of aromatic nitrogens is 3. The lowest BCUT2D eigenvalue weighted by Gasteiger charge is -2.03. The third-order valence-electron chi connectivity index (χ3n) is 3.57. The van der Waals surface area contributed by atoms with Crippen LogP contribution >= 0.6 is 0 Å². The van der Waals surface area contributed by atoms with Crippen LogP contribution in [-0.4, -0.2) is 20.8 Å². The second-order valence-corrected chi connectivity index (χ2v) is 5.58. The van der Waals surface area contributed by atoms with Crippen molar-refractivity contribution < 1.29 is 8.91 Å². The number of aliphatic imine (C=N–C) groups is 1. The highest BCUT2D eigenvalue weighted by Gasteiger charge is 2.09. The Morgan fingerprint density at radius 3 is 2.77 bits per heavy atom. The zero-order valence-corrected chi connectivity index (χ0v) is 13.9. The number of aromatic amines is 1. The number of H-pyrrole nitrogens is 1. The second kappa shape index (κ2) is 7.56. The van der Waals surface area contributed by atoms with Crippen molar-refractivity contribution in [2.24, 2.45) is 10.7 Å². The topological polar surface area (TPSA) is 110 Å².